The third-order valence-corrected chi connectivity index (χ3v) is 7.13. The number of nitrogens with one attached hydrogen (secondary N) is 4. The van der Waals surface area contributed by atoms with E-state index in [0.29, 0.717) is 31.4 Å². The highest BCUT2D eigenvalue weighted by Gasteiger charge is 2.34. The van der Waals surface area contributed by atoms with Crippen LogP contribution in [0.2, 0.25) is 0 Å². The van der Waals surface area contributed by atoms with Gasteiger partial charge in [-0.2, -0.15) is 0 Å². The number of benzene rings is 1. The summed E-state index contributed by atoms with van der Waals surface area (Å²) >= 11 is 0. The fourth-order valence-electron chi connectivity index (χ4n) is 4.47. The molecule has 5 atom stereocenters. The van der Waals surface area contributed by atoms with Crippen molar-refractivity contribution in [3.63, 3.8) is 0 Å². The lowest BCUT2D eigenvalue weighted by Gasteiger charge is -2.27. The molecular formula is C32H53N9O11. The van der Waals surface area contributed by atoms with E-state index >= 15 is 0 Å². The number of aliphatic carboxylic acids is 3. The van der Waals surface area contributed by atoms with Gasteiger partial charge in [-0.05, 0) is 62.3 Å². The molecule has 0 bridgehead atoms. The predicted molar refractivity (Wildman–Crippen MR) is 188 cm³/mol. The number of unbranched alkanes of at least 4 members (excludes halogenated alkanes) is 1. The summed E-state index contributed by atoms with van der Waals surface area (Å²) in [6.07, 6.45) is 0.608. The third-order valence-electron chi connectivity index (χ3n) is 7.13. The molecule has 1 aromatic carbocycles. The number of hydrogen-bond acceptors (Lipinski definition) is 11. The van der Waals surface area contributed by atoms with Crippen LogP contribution in [-0.4, -0.2) is 111 Å². The second kappa shape index (κ2) is 24.6. The van der Waals surface area contributed by atoms with E-state index in [2.05, 4.69) is 26.3 Å². The lowest BCUT2D eigenvalue weighted by molar-refractivity contribution is -0.143. The van der Waals surface area contributed by atoms with Gasteiger partial charge in [-0.1, -0.05) is 26.0 Å². The van der Waals surface area contributed by atoms with Gasteiger partial charge >= 0.3 is 11.9 Å². The first-order valence-electron chi connectivity index (χ1n) is 16.4. The van der Waals surface area contributed by atoms with Crippen LogP contribution in [0.4, 0.5) is 0 Å². The number of phenolic OH excluding ortho intramolecular Hbond substituents is 1. The molecule has 292 valence electrons. The molecule has 0 saturated carbocycles. The van der Waals surface area contributed by atoms with Gasteiger partial charge in [0, 0.05) is 19.9 Å². The maximum atomic E-state index is 13.3. The normalized spacial score (nSPS) is 13.4. The van der Waals surface area contributed by atoms with Gasteiger partial charge in [-0.3, -0.25) is 33.8 Å². The molecule has 0 fully saturated rings. The summed E-state index contributed by atoms with van der Waals surface area (Å²) in [6.45, 7) is 4.79. The molecule has 1 rings (SSSR count). The lowest BCUT2D eigenvalue weighted by atomic mass is 10.0. The molecule has 0 aliphatic rings. The second-order valence-corrected chi connectivity index (χ2v) is 12.1. The van der Waals surface area contributed by atoms with Crippen molar-refractivity contribution in [2.75, 3.05) is 13.1 Å². The van der Waals surface area contributed by atoms with Crippen LogP contribution in [0, 0.1) is 5.92 Å². The number of carbonyl (C=O) groups is 7. The average molecular weight is 740 g/mol. The molecular weight excluding hydrogens is 686 g/mol. The van der Waals surface area contributed by atoms with E-state index in [1.54, 1.807) is 13.8 Å². The summed E-state index contributed by atoms with van der Waals surface area (Å²) < 4.78 is 0. The molecule has 5 unspecified atom stereocenters. The zero-order valence-electron chi connectivity index (χ0n) is 29.5. The topological polar surface area (TPSA) is 365 Å². The Balaban J connectivity index is 0.00000615. The molecule has 52 heavy (non-hydrogen) atoms. The molecule has 0 spiro atoms. The Morgan fingerprint density at radius 2 is 1.29 bits per heavy atom. The van der Waals surface area contributed by atoms with Crippen molar-refractivity contribution < 1.29 is 54.0 Å². The number of carboxylic acids is 3. The lowest BCUT2D eigenvalue weighted by Crippen LogP contribution is -2.59. The number of phenols is 1. The first-order valence-corrected chi connectivity index (χ1v) is 16.4. The molecule has 16 N–H and O–H groups in total. The van der Waals surface area contributed by atoms with Crippen LogP contribution in [0.3, 0.4) is 0 Å². The predicted octanol–water partition coefficient (Wildman–Crippen LogP) is -2.31. The largest absolute Gasteiger partial charge is 0.508 e. The van der Waals surface area contributed by atoms with Crippen LogP contribution < -0.4 is 44.2 Å². The number of carboxylic acid groups (broad SMARTS) is 3. The molecule has 20 heteroatoms. The average Bonchev–Trinajstić information content (AvgIpc) is 3.04. The van der Waals surface area contributed by atoms with Crippen molar-refractivity contribution in [2.45, 2.75) is 95.9 Å². The summed E-state index contributed by atoms with van der Waals surface area (Å²) in [5.74, 6) is -7.74. The van der Waals surface area contributed by atoms with Gasteiger partial charge in [0.15, 0.2) is 5.96 Å². The van der Waals surface area contributed by atoms with Gasteiger partial charge < -0.3 is 64.6 Å². The fraction of sp³-hybridized carbons (Fsp3) is 0.562. The highest BCUT2D eigenvalue weighted by atomic mass is 16.4. The van der Waals surface area contributed by atoms with Crippen LogP contribution in [-0.2, 0) is 40.0 Å². The van der Waals surface area contributed by atoms with Gasteiger partial charge in [0.1, 0.15) is 29.9 Å². The monoisotopic (exact) mass is 739 g/mol. The van der Waals surface area contributed by atoms with Crippen LogP contribution >= 0.6 is 0 Å². The molecule has 20 nitrogen and oxygen atoms in total. The Morgan fingerprint density at radius 1 is 0.750 bits per heavy atom. The Bertz CT molecular complexity index is 1370. The molecule has 0 aliphatic heterocycles. The smallest absolute Gasteiger partial charge is 0.326 e. The SMILES string of the molecule is CC(=O)O.CC(C)C(NC(=O)C(CC(=O)O)NC(=O)C(CCCCN)NC(=O)C(N)CCCN=C(N)N)C(=O)NC(Cc1ccc(O)cc1)C(=O)O. The van der Waals surface area contributed by atoms with E-state index in [1.807, 2.05) is 0 Å². The standard InChI is InChI=1S/C30H49N9O9.C2H4O2/c1-16(2)24(28(46)38-22(29(47)48)14-17-8-10-18(40)11-9-17)39-27(45)21(15-23(41)42)37-26(44)20(7-3-4-12-31)36-25(43)19(32)6-5-13-35-30(33)34;1-2(3)4/h8-11,16,19-22,24,40H,3-7,12-15,31-32H2,1-2H3,(H,36,43)(H,37,44)(H,38,46)(H,39,45)(H,41,42)(H,47,48)(H4,33,34,35);1H3,(H,3,4). The second-order valence-electron chi connectivity index (χ2n) is 12.1. The first-order chi connectivity index (χ1) is 24.3. The van der Waals surface area contributed by atoms with Gasteiger partial charge in [0.25, 0.3) is 5.97 Å². The molecule has 1 aromatic rings. The number of aliphatic imine (C=N–C) groups is 1. The third kappa shape index (κ3) is 20.2. The Hall–Kier alpha value is -5.50. The quantitative estimate of drug-likeness (QED) is 0.0338. The minimum atomic E-state index is -1.67. The number of nitrogens with two attached hydrogens (primary N) is 4. The Morgan fingerprint density at radius 3 is 1.79 bits per heavy atom. The van der Waals surface area contributed by atoms with Crippen LogP contribution in [0.1, 0.15) is 64.9 Å². The van der Waals surface area contributed by atoms with E-state index in [1.165, 1.54) is 24.3 Å². The maximum absolute atomic E-state index is 13.3. The molecule has 0 radical (unpaired) electrons. The Kier molecular flexibility index (Phi) is 22.0. The van der Waals surface area contributed by atoms with Gasteiger partial charge in [-0.15, -0.1) is 0 Å². The van der Waals surface area contributed by atoms with Gasteiger partial charge in [0.05, 0.1) is 12.5 Å². The summed E-state index contributed by atoms with van der Waals surface area (Å²) in [5, 5.41) is 45.8. The zero-order valence-corrected chi connectivity index (χ0v) is 29.5. The van der Waals surface area contributed by atoms with Crippen LogP contribution in [0.25, 0.3) is 0 Å². The van der Waals surface area contributed by atoms with Crippen LogP contribution in [0.5, 0.6) is 5.75 Å². The zero-order chi connectivity index (χ0) is 40.0. The van der Waals surface area contributed by atoms with Crippen molar-refractivity contribution in [1.29, 1.82) is 0 Å². The van der Waals surface area contributed by atoms with Gasteiger partial charge in [-0.25, -0.2) is 4.79 Å². The number of guanidine groups is 1. The number of amides is 4. The first kappa shape index (κ1) is 46.5. The van der Waals surface area contributed by atoms with E-state index in [9.17, 15) is 44.1 Å². The van der Waals surface area contributed by atoms with Crippen molar-refractivity contribution in [1.82, 2.24) is 21.3 Å². The Labute approximate surface area is 301 Å². The highest BCUT2D eigenvalue weighted by Crippen LogP contribution is 2.13. The molecule has 0 aromatic heterocycles. The number of nitrogens with zero attached hydrogens (tertiary/aromatic N) is 1. The van der Waals surface area contributed by atoms with Crippen molar-refractivity contribution in [2.24, 2.45) is 33.8 Å². The number of hydrogen-bond donors (Lipinski definition) is 12. The summed E-state index contributed by atoms with van der Waals surface area (Å²) in [6, 6.07) is -0.880. The minimum absolute atomic E-state index is 0.0240. The molecule has 4 amide bonds. The maximum Gasteiger partial charge on any atom is 0.326 e. The summed E-state index contributed by atoms with van der Waals surface area (Å²) in [4.78, 5) is 89.0. The minimum Gasteiger partial charge on any atom is -0.508 e. The van der Waals surface area contributed by atoms with Crippen molar-refractivity contribution in [3.05, 3.63) is 29.8 Å². The van der Waals surface area contributed by atoms with Crippen molar-refractivity contribution >= 4 is 47.5 Å². The van der Waals surface area contributed by atoms with E-state index in [4.69, 9.17) is 32.8 Å². The van der Waals surface area contributed by atoms with E-state index in [-0.39, 0.29) is 37.5 Å². The van der Waals surface area contributed by atoms with Crippen LogP contribution in [0.15, 0.2) is 29.3 Å². The molecule has 0 aliphatic carbocycles. The van der Waals surface area contributed by atoms with E-state index < -0.39 is 84.1 Å². The highest BCUT2D eigenvalue weighted by molar-refractivity contribution is 5.96. The molecule has 0 heterocycles. The summed E-state index contributed by atoms with van der Waals surface area (Å²) in [5.41, 5.74) is 22.6. The van der Waals surface area contributed by atoms with E-state index in [0.717, 1.165) is 6.92 Å². The fourth-order valence-corrected chi connectivity index (χ4v) is 4.47. The van der Waals surface area contributed by atoms with Crippen molar-refractivity contribution in [3.8, 4) is 5.75 Å². The number of aromatic hydroxyl groups is 1. The van der Waals surface area contributed by atoms with Gasteiger partial charge in [0.2, 0.25) is 23.6 Å². The molecule has 0 saturated heterocycles. The summed E-state index contributed by atoms with van der Waals surface area (Å²) in [7, 11) is 0. The number of rotatable bonds is 22. The number of carbonyl (C=O) groups excluding carboxylic acids is 4.